The van der Waals surface area contributed by atoms with E-state index >= 15 is 0 Å². The maximum atomic E-state index is 12.8. The van der Waals surface area contributed by atoms with Gasteiger partial charge in [0, 0.05) is 59.8 Å². The van der Waals surface area contributed by atoms with E-state index in [1.807, 2.05) is 48.1 Å². The number of fused-ring (bicyclic) bond motifs is 2. The number of aryl methyl sites for hydroxylation is 1. The molecule has 2 N–H and O–H groups in total. The zero-order chi connectivity index (χ0) is 20.1. The van der Waals surface area contributed by atoms with Gasteiger partial charge in [-0.2, -0.15) is 0 Å². The molecule has 0 aliphatic carbocycles. The number of ether oxygens (including phenoxy) is 1. The highest BCUT2D eigenvalue weighted by molar-refractivity contribution is 6.17. The standard InChI is InChI=1S/C23H16N2O4/c1-25-12-14(8-20-23(28)22-18(27)9-15(26)10-19(22)29-20)21-16(5-2-6-17(21)25)13-4-3-7-24-11-13/h2-12,26-27H,1H3. The van der Waals surface area contributed by atoms with Gasteiger partial charge in [-0.15, -0.1) is 0 Å². The Morgan fingerprint density at radius 2 is 2.00 bits per heavy atom. The quantitative estimate of drug-likeness (QED) is 0.504. The lowest BCUT2D eigenvalue weighted by Crippen LogP contribution is -1.98. The van der Waals surface area contributed by atoms with Crippen molar-refractivity contribution in [1.82, 2.24) is 9.55 Å². The first kappa shape index (κ1) is 17.1. The van der Waals surface area contributed by atoms with Crippen LogP contribution in [0.5, 0.6) is 17.2 Å². The summed E-state index contributed by atoms with van der Waals surface area (Å²) >= 11 is 0. The van der Waals surface area contributed by atoms with Crippen molar-refractivity contribution in [1.29, 1.82) is 0 Å². The number of phenolic OH excluding ortho intramolecular Hbond substituents is 2. The lowest BCUT2D eigenvalue weighted by Gasteiger charge is -2.05. The molecule has 2 aromatic heterocycles. The predicted molar refractivity (Wildman–Crippen MR) is 109 cm³/mol. The van der Waals surface area contributed by atoms with E-state index in [1.54, 1.807) is 18.5 Å². The minimum absolute atomic E-state index is 0.0572. The Bertz CT molecular complexity index is 1320. The number of phenols is 2. The first-order valence-electron chi connectivity index (χ1n) is 9.01. The fraction of sp³-hybridized carbons (Fsp3) is 0.0435. The van der Waals surface area contributed by atoms with Crippen LogP contribution < -0.4 is 4.74 Å². The lowest BCUT2D eigenvalue weighted by molar-refractivity contribution is 0.101. The number of rotatable bonds is 2. The summed E-state index contributed by atoms with van der Waals surface area (Å²) in [6.07, 6.45) is 7.11. The molecule has 1 aliphatic rings. The van der Waals surface area contributed by atoms with E-state index in [2.05, 4.69) is 4.98 Å². The molecule has 0 fully saturated rings. The number of hydrogen-bond acceptors (Lipinski definition) is 5. The van der Waals surface area contributed by atoms with Gasteiger partial charge < -0.3 is 19.5 Å². The van der Waals surface area contributed by atoms with Gasteiger partial charge in [-0.1, -0.05) is 18.2 Å². The maximum absolute atomic E-state index is 12.8. The van der Waals surface area contributed by atoms with Gasteiger partial charge in [-0.3, -0.25) is 9.78 Å². The fourth-order valence-electron chi connectivity index (χ4n) is 3.77. The highest BCUT2D eigenvalue weighted by atomic mass is 16.5. The zero-order valence-corrected chi connectivity index (χ0v) is 15.5. The summed E-state index contributed by atoms with van der Waals surface area (Å²) in [5.74, 6) is -0.657. The third-order valence-electron chi connectivity index (χ3n) is 5.04. The molecule has 29 heavy (non-hydrogen) atoms. The van der Waals surface area contributed by atoms with Gasteiger partial charge in [0.15, 0.2) is 5.76 Å². The normalized spacial score (nSPS) is 14.4. The molecule has 6 heteroatoms. The number of nitrogens with zero attached hydrogens (tertiary/aromatic N) is 2. The van der Waals surface area contributed by atoms with Gasteiger partial charge in [-0.25, -0.2) is 0 Å². The van der Waals surface area contributed by atoms with Gasteiger partial charge in [0.2, 0.25) is 5.78 Å². The van der Waals surface area contributed by atoms with Crippen molar-refractivity contribution < 1.29 is 19.7 Å². The summed E-state index contributed by atoms with van der Waals surface area (Å²) in [4.78, 5) is 17.0. The lowest BCUT2D eigenvalue weighted by atomic mass is 9.99. The molecule has 2 aromatic carbocycles. The van der Waals surface area contributed by atoms with Gasteiger partial charge in [0.05, 0.1) is 0 Å². The van der Waals surface area contributed by atoms with Crippen LogP contribution in [-0.2, 0) is 7.05 Å². The summed E-state index contributed by atoms with van der Waals surface area (Å²) in [6, 6.07) is 12.3. The van der Waals surface area contributed by atoms with Crippen LogP contribution >= 0.6 is 0 Å². The smallest absolute Gasteiger partial charge is 0.235 e. The van der Waals surface area contributed by atoms with Gasteiger partial charge in [0.25, 0.3) is 0 Å². The van der Waals surface area contributed by atoms with Gasteiger partial charge in [0.1, 0.15) is 22.8 Å². The van der Waals surface area contributed by atoms with Crippen LogP contribution in [0.3, 0.4) is 0 Å². The number of aromatic nitrogens is 2. The molecule has 0 bridgehead atoms. The van der Waals surface area contributed by atoms with Crippen molar-refractivity contribution in [3.63, 3.8) is 0 Å². The molecule has 0 spiro atoms. The average Bonchev–Trinajstić information content (AvgIpc) is 3.19. The summed E-state index contributed by atoms with van der Waals surface area (Å²) in [5.41, 5.74) is 3.82. The zero-order valence-electron chi connectivity index (χ0n) is 15.5. The first-order chi connectivity index (χ1) is 14.0. The predicted octanol–water partition coefficient (Wildman–Crippen LogP) is 4.27. The van der Waals surface area contributed by atoms with Crippen LogP contribution in [0, 0.1) is 0 Å². The number of Topliss-reactive ketones (excluding diaryl/α,β-unsaturated/α-hetero) is 1. The molecule has 5 rings (SSSR count). The Kier molecular flexibility index (Phi) is 3.67. The van der Waals surface area contributed by atoms with Crippen LogP contribution in [0.15, 0.2) is 66.8 Å². The molecule has 0 radical (unpaired) electrons. The van der Waals surface area contributed by atoms with Gasteiger partial charge in [-0.05, 0) is 23.8 Å². The summed E-state index contributed by atoms with van der Waals surface area (Å²) in [6.45, 7) is 0. The molecule has 3 heterocycles. The molecule has 6 nitrogen and oxygen atoms in total. The maximum Gasteiger partial charge on any atom is 0.235 e. The highest BCUT2D eigenvalue weighted by Crippen LogP contribution is 2.41. The Labute approximate surface area is 165 Å². The Morgan fingerprint density at radius 1 is 1.14 bits per heavy atom. The fourth-order valence-corrected chi connectivity index (χ4v) is 3.77. The molecular weight excluding hydrogens is 368 g/mol. The number of carbonyl (C=O) groups excluding carboxylic acids is 1. The third kappa shape index (κ3) is 2.65. The summed E-state index contributed by atoms with van der Waals surface area (Å²) in [5, 5.41) is 20.7. The van der Waals surface area contributed by atoms with Gasteiger partial charge >= 0.3 is 0 Å². The minimum atomic E-state index is -0.423. The topological polar surface area (TPSA) is 84.6 Å². The molecule has 4 aromatic rings. The number of allylic oxidation sites excluding steroid dienone is 1. The Morgan fingerprint density at radius 3 is 2.79 bits per heavy atom. The van der Waals surface area contributed by atoms with E-state index in [9.17, 15) is 15.0 Å². The van der Waals surface area contributed by atoms with Crippen molar-refractivity contribution in [3.8, 4) is 28.4 Å². The van der Waals surface area contributed by atoms with Crippen molar-refractivity contribution in [2.45, 2.75) is 0 Å². The van der Waals surface area contributed by atoms with Crippen LogP contribution in [0.4, 0.5) is 0 Å². The second-order valence-corrected chi connectivity index (χ2v) is 6.91. The van der Waals surface area contributed by atoms with E-state index in [0.29, 0.717) is 0 Å². The van der Waals surface area contributed by atoms with E-state index in [-0.39, 0.29) is 28.6 Å². The molecule has 0 amide bonds. The number of ketones is 1. The summed E-state index contributed by atoms with van der Waals surface area (Å²) in [7, 11) is 1.94. The molecule has 0 saturated heterocycles. The number of aromatic hydroxyl groups is 2. The van der Waals surface area contributed by atoms with Crippen molar-refractivity contribution in [2.75, 3.05) is 0 Å². The molecule has 142 valence electrons. The van der Waals surface area contributed by atoms with Crippen LogP contribution in [-0.4, -0.2) is 25.5 Å². The van der Waals surface area contributed by atoms with Crippen molar-refractivity contribution in [3.05, 3.63) is 77.9 Å². The Balaban J connectivity index is 1.69. The average molecular weight is 384 g/mol. The highest BCUT2D eigenvalue weighted by Gasteiger charge is 2.31. The van der Waals surface area contributed by atoms with E-state index in [1.165, 1.54) is 6.07 Å². The van der Waals surface area contributed by atoms with E-state index in [4.69, 9.17) is 4.74 Å². The Hall–Kier alpha value is -4.06. The molecule has 1 aliphatic heterocycles. The number of benzene rings is 2. The SMILES string of the molecule is Cn1cc(C=C2Oc3cc(O)cc(O)c3C2=O)c2c(-c3cccnc3)cccc21. The number of pyridine rings is 1. The molecule has 0 atom stereocenters. The third-order valence-corrected chi connectivity index (χ3v) is 5.04. The van der Waals surface area contributed by atoms with E-state index < -0.39 is 5.78 Å². The largest absolute Gasteiger partial charge is 0.508 e. The van der Waals surface area contributed by atoms with Crippen molar-refractivity contribution in [2.24, 2.45) is 7.05 Å². The van der Waals surface area contributed by atoms with Crippen LogP contribution in [0.25, 0.3) is 28.1 Å². The van der Waals surface area contributed by atoms with Crippen LogP contribution in [0.2, 0.25) is 0 Å². The summed E-state index contributed by atoms with van der Waals surface area (Å²) < 4.78 is 7.64. The monoisotopic (exact) mass is 384 g/mol. The molecule has 0 saturated carbocycles. The number of carbonyl (C=O) groups is 1. The van der Waals surface area contributed by atoms with E-state index in [0.717, 1.165) is 33.7 Å². The second kappa shape index (κ2) is 6.24. The number of hydrogen-bond donors (Lipinski definition) is 2. The molecular formula is C23H16N2O4. The van der Waals surface area contributed by atoms with Crippen molar-refractivity contribution >= 4 is 22.8 Å². The second-order valence-electron chi connectivity index (χ2n) is 6.91. The molecule has 0 unspecified atom stereocenters. The first-order valence-corrected chi connectivity index (χ1v) is 9.01. The minimum Gasteiger partial charge on any atom is -0.508 e. The van der Waals surface area contributed by atoms with Crippen LogP contribution in [0.1, 0.15) is 15.9 Å².